The van der Waals surface area contributed by atoms with Crippen molar-refractivity contribution in [3.05, 3.63) is 36.5 Å². The molecule has 0 amide bonds. The van der Waals surface area contributed by atoms with E-state index >= 15 is 0 Å². The Labute approximate surface area is 348 Å². The van der Waals surface area contributed by atoms with Gasteiger partial charge in [0.05, 0.1) is 32.0 Å². The molecular formula is C42H76O14P2. The number of carbonyl (C=O) groups is 2. The molecule has 1 heterocycles. The number of aliphatic hydroxyl groups is 1. The first-order valence-corrected chi connectivity index (χ1v) is 24.8. The highest BCUT2D eigenvalue weighted by Gasteiger charge is 2.36. The quantitative estimate of drug-likeness (QED) is 0.0149. The Bertz CT molecular complexity index is 1240. The number of phosphoric acid groups is 2. The van der Waals surface area contributed by atoms with Crippen molar-refractivity contribution >= 4 is 27.6 Å². The van der Waals surface area contributed by atoms with Crippen LogP contribution in [-0.4, -0.2) is 82.6 Å². The number of rotatable bonds is 40. The summed E-state index contributed by atoms with van der Waals surface area (Å²) in [6, 6.07) is 0. The second-order valence-corrected chi connectivity index (χ2v) is 17.7. The summed E-state index contributed by atoms with van der Waals surface area (Å²) < 4.78 is 53.4. The van der Waals surface area contributed by atoms with Crippen LogP contribution in [0.2, 0.25) is 0 Å². The van der Waals surface area contributed by atoms with Crippen molar-refractivity contribution in [3.63, 3.8) is 0 Å². The van der Waals surface area contributed by atoms with Crippen LogP contribution in [0.15, 0.2) is 36.5 Å². The molecule has 1 saturated heterocycles. The van der Waals surface area contributed by atoms with Crippen molar-refractivity contribution in [2.24, 2.45) is 0 Å². The number of epoxide rings is 1. The van der Waals surface area contributed by atoms with Gasteiger partial charge in [-0.25, -0.2) is 9.13 Å². The molecule has 14 nitrogen and oxygen atoms in total. The highest BCUT2D eigenvalue weighted by molar-refractivity contribution is 7.47. The van der Waals surface area contributed by atoms with Crippen LogP contribution in [0.3, 0.4) is 0 Å². The summed E-state index contributed by atoms with van der Waals surface area (Å²) in [7, 11) is -9.69. The second-order valence-electron chi connectivity index (χ2n) is 15.0. The molecule has 3 unspecified atom stereocenters. The number of hydrogen-bond donors (Lipinski definition) is 4. The zero-order valence-electron chi connectivity index (χ0n) is 35.3. The van der Waals surface area contributed by atoms with E-state index in [-0.39, 0.29) is 12.8 Å². The van der Waals surface area contributed by atoms with Crippen LogP contribution in [0, 0.1) is 0 Å². The van der Waals surface area contributed by atoms with E-state index < -0.39 is 66.2 Å². The maximum absolute atomic E-state index is 12.6. The Morgan fingerprint density at radius 1 is 0.586 bits per heavy atom. The number of allylic oxidation sites excluding steroid dienone is 4. The predicted octanol–water partition coefficient (Wildman–Crippen LogP) is 9.88. The fourth-order valence-electron chi connectivity index (χ4n) is 5.97. The van der Waals surface area contributed by atoms with Crippen molar-refractivity contribution in [1.82, 2.24) is 0 Å². The minimum absolute atomic E-state index is 0.115. The molecule has 0 aromatic heterocycles. The lowest BCUT2D eigenvalue weighted by Crippen LogP contribution is -2.30. The zero-order valence-corrected chi connectivity index (χ0v) is 37.1. The van der Waals surface area contributed by atoms with Gasteiger partial charge in [0.1, 0.15) is 12.7 Å². The molecule has 338 valence electrons. The molecule has 58 heavy (non-hydrogen) atoms. The number of aliphatic hydroxyl groups excluding tert-OH is 1. The molecule has 0 aromatic carbocycles. The number of ether oxygens (including phenoxy) is 3. The fraction of sp³-hybridized carbons (Fsp3) is 0.810. The van der Waals surface area contributed by atoms with Crippen molar-refractivity contribution < 1.29 is 66.3 Å². The summed E-state index contributed by atoms with van der Waals surface area (Å²) in [6.45, 7) is 1.66. The van der Waals surface area contributed by atoms with Crippen LogP contribution >= 0.6 is 15.6 Å². The SMILES string of the molecule is CCCCC/C=C\CC1OC1C/C=C\C/C=C\CCCC(=O)OC[C@H](COP(=O)(O)OC[C@@H](O)COP(=O)(O)O)OC(=O)CCCCCCCCCCCCCCC. The van der Waals surface area contributed by atoms with Crippen molar-refractivity contribution in [3.8, 4) is 0 Å². The average molecular weight is 867 g/mol. The highest BCUT2D eigenvalue weighted by Crippen LogP contribution is 2.44. The molecule has 0 aromatic rings. The lowest BCUT2D eigenvalue weighted by atomic mass is 10.0. The van der Waals surface area contributed by atoms with Gasteiger partial charge in [0.2, 0.25) is 0 Å². The lowest BCUT2D eigenvalue weighted by molar-refractivity contribution is -0.161. The number of hydrogen-bond acceptors (Lipinski definition) is 11. The molecule has 1 rings (SSSR count). The molecule has 1 fully saturated rings. The standard InChI is InChI=1S/C42H76O14P2/c1-3-5-7-9-11-12-13-14-15-16-19-24-28-32-42(45)55-38(36-54-58(49,50)53-34-37(43)33-52-57(46,47)48)35-51-41(44)31-27-23-20-17-18-22-26-30-40-39(56-40)29-25-21-10-8-6-4-2/h17,20-22,25-26,37-40,43H,3-16,18-19,23-24,27-36H2,1-2H3,(H,49,50)(H2,46,47,48)/b20-17-,25-21-,26-22-/t37-,38+,39?,40?/m0/s1. The lowest BCUT2D eigenvalue weighted by Gasteiger charge is -2.20. The highest BCUT2D eigenvalue weighted by atomic mass is 31.2. The maximum Gasteiger partial charge on any atom is 0.472 e. The van der Waals surface area contributed by atoms with Crippen LogP contribution in [0.25, 0.3) is 0 Å². The second kappa shape index (κ2) is 35.0. The molecule has 0 spiro atoms. The first-order chi connectivity index (χ1) is 27.8. The van der Waals surface area contributed by atoms with E-state index in [0.717, 1.165) is 44.9 Å². The number of unbranched alkanes of at least 4 members (excludes halogenated alkanes) is 16. The maximum atomic E-state index is 12.6. The van der Waals surface area contributed by atoms with E-state index in [0.29, 0.717) is 31.5 Å². The van der Waals surface area contributed by atoms with E-state index in [1.54, 1.807) is 0 Å². The van der Waals surface area contributed by atoms with Gasteiger partial charge in [-0.3, -0.25) is 23.2 Å². The Morgan fingerprint density at radius 2 is 1.07 bits per heavy atom. The molecular weight excluding hydrogens is 790 g/mol. The zero-order chi connectivity index (χ0) is 42.7. The van der Waals surface area contributed by atoms with Crippen LogP contribution in [-0.2, 0) is 46.5 Å². The summed E-state index contributed by atoms with van der Waals surface area (Å²) >= 11 is 0. The number of carbonyl (C=O) groups excluding carboxylic acids is 2. The van der Waals surface area contributed by atoms with E-state index in [1.807, 2.05) is 12.2 Å². The van der Waals surface area contributed by atoms with Gasteiger partial charge in [-0.2, -0.15) is 0 Å². The average Bonchev–Trinajstić information content (AvgIpc) is 3.94. The summed E-state index contributed by atoms with van der Waals surface area (Å²) in [6.07, 6.45) is 34.6. The van der Waals surface area contributed by atoms with Gasteiger partial charge in [-0.05, 0) is 51.4 Å². The normalized spacial score (nSPS) is 17.9. The van der Waals surface area contributed by atoms with Crippen molar-refractivity contribution in [1.29, 1.82) is 0 Å². The van der Waals surface area contributed by atoms with Gasteiger partial charge in [0, 0.05) is 12.8 Å². The molecule has 1 aliphatic rings. The number of phosphoric ester groups is 2. The van der Waals surface area contributed by atoms with E-state index in [4.69, 9.17) is 28.5 Å². The molecule has 0 radical (unpaired) electrons. The van der Waals surface area contributed by atoms with Gasteiger partial charge in [-0.15, -0.1) is 0 Å². The third-order valence-electron chi connectivity index (χ3n) is 9.42. The van der Waals surface area contributed by atoms with Crippen LogP contribution in [0.5, 0.6) is 0 Å². The third-order valence-corrected chi connectivity index (χ3v) is 10.9. The summed E-state index contributed by atoms with van der Waals surface area (Å²) in [4.78, 5) is 52.7. The summed E-state index contributed by atoms with van der Waals surface area (Å²) in [5, 5.41) is 9.74. The van der Waals surface area contributed by atoms with E-state index in [9.17, 15) is 28.7 Å². The van der Waals surface area contributed by atoms with Gasteiger partial charge in [0.15, 0.2) is 6.10 Å². The first kappa shape index (κ1) is 54.3. The molecule has 0 bridgehead atoms. The van der Waals surface area contributed by atoms with Gasteiger partial charge in [-0.1, -0.05) is 140 Å². The Balaban J connectivity index is 2.39. The van der Waals surface area contributed by atoms with Gasteiger partial charge < -0.3 is 34.0 Å². The molecule has 5 atom stereocenters. The van der Waals surface area contributed by atoms with Crippen molar-refractivity contribution in [2.45, 2.75) is 192 Å². The first-order valence-electron chi connectivity index (χ1n) is 21.8. The topological polar surface area (TPSA) is 208 Å². The minimum atomic E-state index is -4.87. The van der Waals surface area contributed by atoms with Crippen LogP contribution in [0.1, 0.15) is 168 Å². The molecule has 0 saturated carbocycles. The Morgan fingerprint density at radius 3 is 1.69 bits per heavy atom. The van der Waals surface area contributed by atoms with Crippen LogP contribution in [0.4, 0.5) is 0 Å². The summed E-state index contributed by atoms with van der Waals surface area (Å²) in [5.41, 5.74) is 0. The van der Waals surface area contributed by atoms with Crippen LogP contribution < -0.4 is 0 Å². The largest absolute Gasteiger partial charge is 0.472 e. The Hall–Kier alpha value is -1.70. The Kier molecular flexibility index (Phi) is 32.7. The van der Waals surface area contributed by atoms with Gasteiger partial charge in [0.25, 0.3) is 0 Å². The smallest absolute Gasteiger partial charge is 0.462 e. The van der Waals surface area contributed by atoms with Crippen molar-refractivity contribution in [2.75, 3.05) is 26.4 Å². The summed E-state index contributed by atoms with van der Waals surface area (Å²) in [5.74, 6) is -1.10. The molecule has 4 N–H and O–H groups in total. The molecule has 0 aliphatic carbocycles. The predicted molar refractivity (Wildman–Crippen MR) is 225 cm³/mol. The fourth-order valence-corrected chi connectivity index (χ4v) is 7.13. The molecule has 1 aliphatic heterocycles. The molecule has 16 heteroatoms. The monoisotopic (exact) mass is 866 g/mol. The van der Waals surface area contributed by atoms with E-state index in [1.165, 1.54) is 77.0 Å². The van der Waals surface area contributed by atoms with E-state index in [2.05, 4.69) is 47.2 Å². The minimum Gasteiger partial charge on any atom is -0.462 e. The van der Waals surface area contributed by atoms with Gasteiger partial charge >= 0.3 is 27.6 Å². The number of esters is 2. The third kappa shape index (κ3) is 35.1.